The predicted octanol–water partition coefficient (Wildman–Crippen LogP) is 5.09. The molecule has 0 amide bonds. The molecule has 0 aliphatic carbocycles. The first-order valence-corrected chi connectivity index (χ1v) is 10.7. The average Bonchev–Trinajstić information content (AvgIpc) is 3.29. The summed E-state index contributed by atoms with van der Waals surface area (Å²) in [5.41, 5.74) is 0.101. The van der Waals surface area contributed by atoms with E-state index in [0.29, 0.717) is 21.6 Å². The van der Waals surface area contributed by atoms with Crippen LogP contribution in [0.3, 0.4) is 0 Å². The Hall–Kier alpha value is -3.29. The van der Waals surface area contributed by atoms with Crippen LogP contribution in [0.5, 0.6) is 11.5 Å². The molecule has 0 unspecified atom stereocenters. The Kier molecular flexibility index (Phi) is 5.71. The first-order valence-electron chi connectivity index (χ1n) is 9.49. The Balaban J connectivity index is 1.74. The SMILES string of the molecule is Cn1c(=O)c(C(=O)C[C@@H](Nc2cc(Cl)ccc2O)c2cccs2)c(O)c2ccccc21. The molecule has 4 rings (SSSR count). The molecule has 1 atom stereocenters. The fourth-order valence-corrected chi connectivity index (χ4v) is 4.49. The number of fused-ring (bicyclic) bond motifs is 1. The third-order valence-corrected chi connectivity index (χ3v) is 6.34. The van der Waals surface area contributed by atoms with Crippen molar-refractivity contribution >= 4 is 45.3 Å². The molecule has 2 aromatic heterocycles. The fourth-order valence-electron chi connectivity index (χ4n) is 3.54. The average molecular weight is 455 g/mol. The number of ketones is 1. The number of nitrogens with zero attached hydrogens (tertiary/aromatic N) is 1. The van der Waals surface area contributed by atoms with Gasteiger partial charge in [0.2, 0.25) is 0 Å². The van der Waals surface area contributed by atoms with E-state index < -0.39 is 17.4 Å². The van der Waals surface area contributed by atoms with Crippen molar-refractivity contribution in [2.75, 3.05) is 5.32 Å². The lowest BCUT2D eigenvalue weighted by Gasteiger charge is -2.20. The molecule has 4 aromatic rings. The number of phenolic OH excluding ortho intramolecular Hbond substituents is 1. The van der Waals surface area contributed by atoms with E-state index in [2.05, 4.69) is 5.32 Å². The number of pyridine rings is 1. The van der Waals surface area contributed by atoms with Crippen molar-refractivity contribution in [1.82, 2.24) is 4.57 Å². The van der Waals surface area contributed by atoms with Gasteiger partial charge in [-0.15, -0.1) is 11.3 Å². The lowest BCUT2D eigenvalue weighted by atomic mass is 10.0. The number of rotatable bonds is 6. The van der Waals surface area contributed by atoms with E-state index in [1.165, 1.54) is 22.0 Å². The molecule has 6 nitrogen and oxygen atoms in total. The van der Waals surface area contributed by atoms with Crippen LogP contribution in [0.1, 0.15) is 27.7 Å². The van der Waals surface area contributed by atoms with Crippen molar-refractivity contribution in [1.29, 1.82) is 0 Å². The van der Waals surface area contributed by atoms with Crippen LogP contribution in [0.15, 0.2) is 64.8 Å². The second kappa shape index (κ2) is 8.45. The molecular weight excluding hydrogens is 436 g/mol. The van der Waals surface area contributed by atoms with Gasteiger partial charge in [-0.25, -0.2) is 0 Å². The monoisotopic (exact) mass is 454 g/mol. The maximum absolute atomic E-state index is 13.2. The van der Waals surface area contributed by atoms with Crippen LogP contribution in [0.2, 0.25) is 5.02 Å². The highest BCUT2D eigenvalue weighted by molar-refractivity contribution is 7.10. The summed E-state index contributed by atoms with van der Waals surface area (Å²) in [6.07, 6.45) is -0.104. The van der Waals surface area contributed by atoms with Gasteiger partial charge in [0.15, 0.2) is 5.78 Å². The Labute approximate surface area is 187 Å². The molecule has 0 bridgehead atoms. The molecule has 0 aliphatic heterocycles. The van der Waals surface area contributed by atoms with Crippen molar-refractivity contribution in [3.8, 4) is 11.5 Å². The number of Topliss-reactive ketones (excluding diaryl/α,β-unsaturated/α-hetero) is 1. The van der Waals surface area contributed by atoms with Gasteiger partial charge in [0.1, 0.15) is 17.1 Å². The van der Waals surface area contributed by atoms with Gasteiger partial charge in [0.05, 0.1) is 17.2 Å². The number of nitrogens with one attached hydrogen (secondary N) is 1. The summed E-state index contributed by atoms with van der Waals surface area (Å²) in [5, 5.41) is 26.8. The maximum Gasteiger partial charge on any atom is 0.265 e. The zero-order chi connectivity index (χ0) is 22.1. The van der Waals surface area contributed by atoms with Crippen LogP contribution in [0, 0.1) is 0 Å². The summed E-state index contributed by atoms with van der Waals surface area (Å²) in [7, 11) is 1.57. The number of aromatic hydroxyl groups is 2. The van der Waals surface area contributed by atoms with Crippen LogP contribution >= 0.6 is 22.9 Å². The summed E-state index contributed by atoms with van der Waals surface area (Å²) in [5.74, 6) is -0.835. The number of hydrogen-bond acceptors (Lipinski definition) is 6. The topological polar surface area (TPSA) is 91.6 Å². The molecule has 2 heterocycles. The number of benzene rings is 2. The van der Waals surface area contributed by atoms with Gasteiger partial charge < -0.3 is 20.1 Å². The van der Waals surface area contributed by atoms with Crippen LogP contribution in [-0.2, 0) is 7.05 Å². The molecule has 0 spiro atoms. The standard InChI is InChI=1S/C23H19ClN2O4S/c1-26-17-6-3-2-5-14(17)22(29)21(23(26)30)19(28)12-16(20-7-4-10-31-20)25-15-11-13(24)8-9-18(15)27/h2-11,16,25,27,29H,12H2,1H3/t16-/m1/s1. The number of phenols is 1. The normalized spacial score (nSPS) is 12.1. The van der Waals surface area contributed by atoms with E-state index in [4.69, 9.17) is 11.6 Å². The first kappa shape index (κ1) is 21.0. The summed E-state index contributed by atoms with van der Waals surface area (Å²) in [4.78, 5) is 26.9. The molecule has 2 aromatic carbocycles. The summed E-state index contributed by atoms with van der Waals surface area (Å²) >= 11 is 7.49. The molecular formula is C23H19ClN2O4S. The molecule has 3 N–H and O–H groups in total. The molecule has 8 heteroatoms. The third-order valence-electron chi connectivity index (χ3n) is 5.12. The number of halogens is 1. The van der Waals surface area contributed by atoms with E-state index in [1.807, 2.05) is 17.5 Å². The molecule has 0 saturated carbocycles. The molecule has 0 fully saturated rings. The fraction of sp³-hybridized carbons (Fsp3) is 0.130. The molecule has 0 aliphatic rings. The summed E-state index contributed by atoms with van der Waals surface area (Å²) in [6, 6.07) is 14.6. The van der Waals surface area contributed by atoms with Gasteiger partial charge in [0, 0.05) is 28.8 Å². The second-order valence-corrected chi connectivity index (χ2v) is 8.52. The molecule has 158 valence electrons. The van der Waals surface area contributed by atoms with Crippen molar-refractivity contribution in [3.63, 3.8) is 0 Å². The number of aryl methyl sites for hydroxylation is 1. The Morgan fingerprint density at radius 3 is 2.68 bits per heavy atom. The van der Waals surface area contributed by atoms with Crippen molar-refractivity contribution in [2.24, 2.45) is 7.05 Å². The Morgan fingerprint density at radius 2 is 1.94 bits per heavy atom. The highest BCUT2D eigenvalue weighted by Crippen LogP contribution is 2.34. The zero-order valence-corrected chi connectivity index (χ0v) is 18.1. The van der Waals surface area contributed by atoms with Gasteiger partial charge in [-0.1, -0.05) is 29.8 Å². The van der Waals surface area contributed by atoms with Crippen molar-refractivity contribution in [3.05, 3.63) is 85.8 Å². The third kappa shape index (κ3) is 4.02. The van der Waals surface area contributed by atoms with Crippen LogP contribution in [-0.4, -0.2) is 20.6 Å². The van der Waals surface area contributed by atoms with Crippen molar-refractivity contribution < 1.29 is 15.0 Å². The molecule has 0 saturated heterocycles. The molecule has 31 heavy (non-hydrogen) atoms. The summed E-state index contributed by atoms with van der Waals surface area (Å²) in [6.45, 7) is 0. The number of thiophene rings is 1. The van der Waals surface area contributed by atoms with E-state index in [-0.39, 0.29) is 23.5 Å². The smallest absolute Gasteiger partial charge is 0.265 e. The van der Waals surface area contributed by atoms with Gasteiger partial charge in [0.25, 0.3) is 5.56 Å². The Morgan fingerprint density at radius 1 is 1.16 bits per heavy atom. The van der Waals surface area contributed by atoms with E-state index in [0.717, 1.165) is 4.88 Å². The summed E-state index contributed by atoms with van der Waals surface area (Å²) < 4.78 is 1.36. The van der Waals surface area contributed by atoms with Gasteiger partial charge in [-0.2, -0.15) is 0 Å². The van der Waals surface area contributed by atoms with E-state index in [1.54, 1.807) is 43.4 Å². The predicted molar refractivity (Wildman–Crippen MR) is 124 cm³/mol. The Bertz CT molecular complexity index is 1330. The molecule has 0 radical (unpaired) electrons. The quantitative estimate of drug-likeness (QED) is 0.279. The number of carbonyl (C=O) groups excluding carboxylic acids is 1. The second-order valence-electron chi connectivity index (χ2n) is 7.11. The minimum absolute atomic E-state index is 0.0112. The highest BCUT2D eigenvalue weighted by Gasteiger charge is 2.25. The lowest BCUT2D eigenvalue weighted by Crippen LogP contribution is -2.26. The number of aromatic nitrogens is 1. The maximum atomic E-state index is 13.2. The number of anilines is 1. The van der Waals surface area contributed by atoms with Gasteiger partial charge in [-0.3, -0.25) is 9.59 Å². The van der Waals surface area contributed by atoms with Crippen LogP contribution in [0.4, 0.5) is 5.69 Å². The van der Waals surface area contributed by atoms with Gasteiger partial charge in [-0.05, 0) is 41.8 Å². The number of carbonyl (C=O) groups is 1. The zero-order valence-electron chi connectivity index (χ0n) is 16.5. The van der Waals surface area contributed by atoms with Gasteiger partial charge >= 0.3 is 0 Å². The van der Waals surface area contributed by atoms with Crippen molar-refractivity contribution in [2.45, 2.75) is 12.5 Å². The largest absolute Gasteiger partial charge is 0.506 e. The van der Waals surface area contributed by atoms with E-state index >= 15 is 0 Å². The number of para-hydroxylation sites is 1. The van der Waals surface area contributed by atoms with E-state index in [9.17, 15) is 19.8 Å². The van der Waals surface area contributed by atoms with Crippen LogP contribution < -0.4 is 10.9 Å². The minimum Gasteiger partial charge on any atom is -0.506 e. The first-order chi connectivity index (χ1) is 14.9. The van der Waals surface area contributed by atoms with Crippen LogP contribution in [0.25, 0.3) is 10.9 Å². The lowest BCUT2D eigenvalue weighted by molar-refractivity contribution is 0.0972. The minimum atomic E-state index is -0.559. The highest BCUT2D eigenvalue weighted by atomic mass is 35.5. The number of hydrogen-bond donors (Lipinski definition) is 3.